The number of carbonyl (C=O) groups is 2. The zero-order valence-corrected chi connectivity index (χ0v) is 23.0. The second-order valence-electron chi connectivity index (χ2n) is 7.56. The maximum Gasteiger partial charge on any atom is 1.00 e. The van der Waals surface area contributed by atoms with Gasteiger partial charge in [0.1, 0.15) is 17.9 Å². The molecule has 9 heteroatoms. The van der Waals surface area contributed by atoms with Crippen LogP contribution >= 0.6 is 11.6 Å². The Balaban J connectivity index is 0.000000227. The number of hydrogen-bond donors (Lipinski definition) is 0. The van der Waals surface area contributed by atoms with E-state index in [-0.39, 0.29) is 74.9 Å². The van der Waals surface area contributed by atoms with Gasteiger partial charge in [-0.3, -0.25) is 4.79 Å². The molecule has 0 bridgehead atoms. The van der Waals surface area contributed by atoms with E-state index in [4.69, 9.17) is 16.3 Å². The Labute approximate surface area is 240 Å². The molecule has 2 heterocycles. The van der Waals surface area contributed by atoms with Gasteiger partial charge < -0.3 is 24.3 Å². The van der Waals surface area contributed by atoms with Crippen LogP contribution in [0.4, 0.5) is 4.39 Å². The third kappa shape index (κ3) is 7.19. The molecule has 0 amide bonds. The third-order valence-corrected chi connectivity index (χ3v) is 5.80. The van der Waals surface area contributed by atoms with Gasteiger partial charge in [0.25, 0.3) is 0 Å². The fourth-order valence-electron chi connectivity index (χ4n) is 3.75. The van der Waals surface area contributed by atoms with Crippen molar-refractivity contribution in [2.75, 3.05) is 20.7 Å². The molecule has 170 valence electrons. The number of likely N-dealkylation sites (tertiary alicyclic amines) is 1. The van der Waals surface area contributed by atoms with Crippen molar-refractivity contribution in [3.8, 4) is 5.75 Å². The van der Waals surface area contributed by atoms with E-state index in [2.05, 4.69) is 17.3 Å². The molecule has 1 unspecified atom stereocenters. The van der Waals surface area contributed by atoms with Crippen LogP contribution in [-0.2, 0) is 17.9 Å². The minimum absolute atomic E-state index is 0. The number of hydrogen-bond acceptors (Lipinski definition) is 4. The second kappa shape index (κ2) is 13.7. The zero-order chi connectivity index (χ0) is 23.1. The summed E-state index contributed by atoms with van der Waals surface area (Å²) in [5.41, 5.74) is 2.00. The normalized spacial score (nSPS) is 15.5. The van der Waals surface area contributed by atoms with E-state index in [1.54, 1.807) is 48.2 Å². The first kappa shape index (κ1) is 28.1. The molecule has 33 heavy (non-hydrogen) atoms. The number of ether oxygens (including phenoxy) is 1. The molecule has 1 atom stereocenters. The number of fused-ring (bicyclic) bond motifs is 1. The van der Waals surface area contributed by atoms with Gasteiger partial charge in [-0.25, -0.2) is 4.39 Å². The van der Waals surface area contributed by atoms with Gasteiger partial charge >= 0.3 is 51.4 Å². The van der Waals surface area contributed by atoms with Crippen LogP contribution in [0.1, 0.15) is 28.8 Å². The first-order valence-corrected chi connectivity index (χ1v) is 10.7. The van der Waals surface area contributed by atoms with Gasteiger partial charge in [0, 0.05) is 22.7 Å². The Morgan fingerprint density at radius 3 is 2.70 bits per heavy atom. The van der Waals surface area contributed by atoms with Gasteiger partial charge in [-0.2, -0.15) is 0 Å². The molecular formula is C24H26ClFKN3O3. The summed E-state index contributed by atoms with van der Waals surface area (Å²) >= 11 is 5.71. The van der Waals surface area contributed by atoms with Crippen molar-refractivity contribution in [1.29, 1.82) is 0 Å². The standard InChI is InChI=1S/C12H15ClFN2.C12H11NO3.K/c1-16-7-3-6-11(16)15-8-9-4-2-5-10(13)12(9)14;1-16-10-2-3-12-11(6-10)9(8-15)7-13(12)4-5-14;/h2,4-5,11H,3,6-8H2,1H3;2-3,5-8H,4H2,1H3;/q-1;;+1. The van der Waals surface area contributed by atoms with Gasteiger partial charge in [-0.15, -0.1) is 6.54 Å². The number of halogens is 2. The number of benzene rings is 2. The topological polar surface area (TPSA) is 65.6 Å². The molecule has 0 radical (unpaired) electrons. The van der Waals surface area contributed by atoms with Crippen LogP contribution in [0.25, 0.3) is 16.2 Å². The molecule has 1 saturated heterocycles. The van der Waals surface area contributed by atoms with Crippen molar-refractivity contribution >= 4 is 35.1 Å². The van der Waals surface area contributed by atoms with Crippen LogP contribution in [0.15, 0.2) is 42.6 Å². The fourth-order valence-corrected chi connectivity index (χ4v) is 3.95. The molecular weight excluding hydrogens is 472 g/mol. The van der Waals surface area contributed by atoms with Crippen molar-refractivity contribution in [1.82, 2.24) is 9.47 Å². The van der Waals surface area contributed by atoms with Crippen molar-refractivity contribution < 1.29 is 70.1 Å². The van der Waals surface area contributed by atoms with E-state index in [9.17, 15) is 14.0 Å². The summed E-state index contributed by atoms with van der Waals surface area (Å²) in [5.74, 6) is 0.355. The number of rotatable bonds is 7. The smallest absolute Gasteiger partial charge is 0.643 e. The Hall–Kier alpha value is -1.10. The maximum atomic E-state index is 13.6. The Kier molecular flexibility index (Phi) is 11.7. The molecule has 0 saturated carbocycles. The fraction of sp³-hybridized carbons (Fsp3) is 0.333. The van der Waals surface area contributed by atoms with E-state index >= 15 is 0 Å². The van der Waals surface area contributed by atoms with E-state index in [1.165, 1.54) is 6.42 Å². The molecule has 1 aliphatic heterocycles. The Bertz CT molecular complexity index is 1090. The zero-order valence-electron chi connectivity index (χ0n) is 19.1. The summed E-state index contributed by atoms with van der Waals surface area (Å²) in [7, 11) is 3.62. The van der Waals surface area contributed by atoms with E-state index in [1.807, 2.05) is 6.07 Å². The van der Waals surface area contributed by atoms with E-state index in [0.29, 0.717) is 23.4 Å². The first-order valence-electron chi connectivity index (χ1n) is 10.3. The molecule has 3 aromatic rings. The largest absolute Gasteiger partial charge is 1.00 e. The van der Waals surface area contributed by atoms with Crippen molar-refractivity contribution in [2.45, 2.75) is 32.1 Å². The summed E-state index contributed by atoms with van der Waals surface area (Å²) in [4.78, 5) is 23.6. The van der Waals surface area contributed by atoms with Crippen molar-refractivity contribution in [2.24, 2.45) is 0 Å². The second-order valence-corrected chi connectivity index (χ2v) is 7.97. The first-order chi connectivity index (χ1) is 15.5. The molecule has 0 N–H and O–H groups in total. The number of nitrogens with zero attached hydrogens (tertiary/aromatic N) is 3. The number of carbonyl (C=O) groups excluding carboxylic acids is 2. The average molecular weight is 498 g/mol. The number of aromatic nitrogens is 1. The summed E-state index contributed by atoms with van der Waals surface area (Å²) in [6.07, 6.45) is 5.73. The van der Waals surface area contributed by atoms with Gasteiger partial charge in [-0.05, 0) is 49.8 Å². The summed E-state index contributed by atoms with van der Waals surface area (Å²) in [6, 6.07) is 10.5. The van der Waals surface area contributed by atoms with E-state index < -0.39 is 0 Å². The number of aldehydes is 2. The molecule has 1 aliphatic rings. The van der Waals surface area contributed by atoms with Crippen LogP contribution in [0.2, 0.25) is 5.02 Å². The minimum Gasteiger partial charge on any atom is -0.643 e. The molecule has 4 rings (SSSR count). The molecule has 1 fully saturated rings. The minimum atomic E-state index is -0.339. The van der Waals surface area contributed by atoms with Crippen LogP contribution in [0, 0.1) is 5.82 Å². The maximum absolute atomic E-state index is 13.6. The van der Waals surface area contributed by atoms with E-state index in [0.717, 1.165) is 36.4 Å². The summed E-state index contributed by atoms with van der Waals surface area (Å²) in [5, 5.41) is 5.48. The molecule has 2 aromatic carbocycles. The molecule has 0 spiro atoms. The van der Waals surface area contributed by atoms with Crippen molar-refractivity contribution in [3.05, 3.63) is 69.9 Å². The van der Waals surface area contributed by atoms with Crippen LogP contribution in [0.5, 0.6) is 5.75 Å². The van der Waals surface area contributed by atoms with Crippen molar-refractivity contribution in [3.63, 3.8) is 0 Å². The summed E-state index contributed by atoms with van der Waals surface area (Å²) < 4.78 is 20.4. The average Bonchev–Trinajstić information content (AvgIpc) is 3.38. The van der Waals surface area contributed by atoms with Gasteiger partial charge in [0.05, 0.1) is 18.7 Å². The summed E-state index contributed by atoms with van der Waals surface area (Å²) in [6.45, 7) is 1.73. The molecule has 0 aliphatic carbocycles. The third-order valence-electron chi connectivity index (χ3n) is 5.50. The van der Waals surface area contributed by atoms with Crippen LogP contribution < -0.4 is 56.1 Å². The van der Waals surface area contributed by atoms with Gasteiger partial charge in [-0.1, -0.05) is 36.3 Å². The molecule has 6 nitrogen and oxygen atoms in total. The van der Waals surface area contributed by atoms with Crippen LogP contribution in [0.3, 0.4) is 0 Å². The quantitative estimate of drug-likeness (QED) is 0.370. The van der Waals surface area contributed by atoms with Crippen LogP contribution in [-0.4, -0.2) is 48.9 Å². The predicted molar refractivity (Wildman–Crippen MR) is 124 cm³/mol. The molecule has 1 aromatic heterocycles. The Morgan fingerprint density at radius 1 is 1.27 bits per heavy atom. The monoisotopic (exact) mass is 497 g/mol. The number of methoxy groups -OCH3 is 1. The van der Waals surface area contributed by atoms with Gasteiger partial charge in [0.2, 0.25) is 0 Å². The van der Waals surface area contributed by atoms with Gasteiger partial charge in [0.15, 0.2) is 6.29 Å². The predicted octanol–water partition coefficient (Wildman–Crippen LogP) is 2.07. The Morgan fingerprint density at radius 2 is 2.06 bits per heavy atom. The SMILES string of the molecule is CN1CCCC1[N-]Cc1cccc(Cl)c1F.COc1ccc2c(c1)c(C=O)cn2CC=O.[K+].